The lowest BCUT2D eigenvalue weighted by molar-refractivity contribution is -0.140. The molecule has 1 fully saturated rings. The Morgan fingerprint density at radius 3 is 2.21 bits per heavy atom. The monoisotopic (exact) mass is 421 g/mol. The van der Waals surface area contributed by atoms with Crippen LogP contribution in [0.5, 0.6) is 0 Å². The normalized spacial score (nSPS) is 17.1. The van der Waals surface area contributed by atoms with Gasteiger partial charge >= 0.3 is 6.18 Å². The molecule has 10 heteroatoms. The van der Waals surface area contributed by atoms with Crippen LogP contribution in [-0.4, -0.2) is 62.3 Å². The first-order valence-electron chi connectivity index (χ1n) is 9.27. The van der Waals surface area contributed by atoms with E-state index in [4.69, 9.17) is 0 Å². The van der Waals surface area contributed by atoms with Gasteiger partial charge in [-0.3, -0.25) is 9.69 Å². The molecule has 1 saturated heterocycles. The van der Waals surface area contributed by atoms with E-state index in [-0.39, 0.29) is 44.7 Å². The number of halogens is 3. The maximum Gasteiger partial charge on any atom is 0.417 e. The van der Waals surface area contributed by atoms with Gasteiger partial charge in [-0.15, -0.1) is 0 Å². The van der Waals surface area contributed by atoms with Gasteiger partial charge in [0, 0.05) is 32.2 Å². The molecule has 1 aromatic carbocycles. The van der Waals surface area contributed by atoms with Crippen LogP contribution in [0.15, 0.2) is 29.2 Å². The SMILES string of the molecule is CCC(CC)NC(=O)CN1CCN(S(=O)(=O)c2ccccc2C(F)(F)F)CC1. The Kier molecular flexibility index (Phi) is 7.46. The van der Waals surface area contributed by atoms with Gasteiger partial charge in [-0.1, -0.05) is 26.0 Å². The van der Waals surface area contributed by atoms with E-state index < -0.39 is 26.7 Å². The second kappa shape index (κ2) is 9.23. The molecule has 1 heterocycles. The van der Waals surface area contributed by atoms with Crippen LogP contribution in [0.4, 0.5) is 13.2 Å². The molecule has 0 aromatic heterocycles. The van der Waals surface area contributed by atoms with Gasteiger partial charge in [-0.2, -0.15) is 17.5 Å². The molecule has 1 N–H and O–H groups in total. The summed E-state index contributed by atoms with van der Waals surface area (Å²) in [5.74, 6) is -0.132. The second-order valence-electron chi connectivity index (χ2n) is 6.76. The van der Waals surface area contributed by atoms with Crippen molar-refractivity contribution in [2.75, 3.05) is 32.7 Å². The summed E-state index contributed by atoms with van der Waals surface area (Å²) in [4.78, 5) is 13.2. The lowest BCUT2D eigenvalue weighted by Crippen LogP contribution is -2.51. The van der Waals surface area contributed by atoms with E-state index in [2.05, 4.69) is 5.32 Å². The van der Waals surface area contributed by atoms with E-state index in [1.165, 1.54) is 6.07 Å². The van der Waals surface area contributed by atoms with Crippen LogP contribution in [0.25, 0.3) is 0 Å². The summed E-state index contributed by atoms with van der Waals surface area (Å²) >= 11 is 0. The first-order valence-corrected chi connectivity index (χ1v) is 10.7. The van der Waals surface area contributed by atoms with Crippen molar-refractivity contribution in [3.05, 3.63) is 29.8 Å². The summed E-state index contributed by atoms with van der Waals surface area (Å²) in [6.07, 6.45) is -3.10. The molecule has 0 radical (unpaired) electrons. The van der Waals surface area contributed by atoms with Crippen molar-refractivity contribution in [1.82, 2.24) is 14.5 Å². The lowest BCUT2D eigenvalue weighted by Gasteiger charge is -2.34. The van der Waals surface area contributed by atoms with Crippen molar-refractivity contribution < 1.29 is 26.4 Å². The summed E-state index contributed by atoms with van der Waals surface area (Å²) in [5, 5.41) is 2.92. The highest BCUT2D eigenvalue weighted by atomic mass is 32.2. The number of piperazine rings is 1. The number of alkyl halides is 3. The minimum Gasteiger partial charge on any atom is -0.352 e. The highest BCUT2D eigenvalue weighted by Crippen LogP contribution is 2.35. The van der Waals surface area contributed by atoms with E-state index in [1.807, 2.05) is 13.8 Å². The van der Waals surface area contributed by atoms with Crippen LogP contribution in [0, 0.1) is 0 Å². The van der Waals surface area contributed by atoms with Gasteiger partial charge < -0.3 is 5.32 Å². The predicted molar refractivity (Wildman–Crippen MR) is 99.2 cm³/mol. The molecule has 2 rings (SSSR count). The fourth-order valence-corrected chi connectivity index (χ4v) is 4.80. The third-order valence-corrected chi connectivity index (χ3v) is 6.82. The number of hydrogen-bond donors (Lipinski definition) is 1. The third kappa shape index (κ3) is 5.45. The molecule has 1 aliphatic rings. The Bertz CT molecular complexity index is 772. The molecule has 0 spiro atoms. The standard InChI is InChI=1S/C18H26F3N3O3S/c1-3-14(4-2)22-17(25)13-23-9-11-24(12-10-23)28(26,27)16-8-6-5-7-15(16)18(19,20)21/h5-8,14H,3-4,9-13H2,1-2H3,(H,22,25). The topological polar surface area (TPSA) is 69.7 Å². The number of sulfonamides is 1. The van der Waals surface area contributed by atoms with E-state index in [0.29, 0.717) is 0 Å². The van der Waals surface area contributed by atoms with Crippen molar-refractivity contribution in [3.63, 3.8) is 0 Å². The third-order valence-electron chi connectivity index (χ3n) is 4.86. The van der Waals surface area contributed by atoms with Gasteiger partial charge in [0.25, 0.3) is 0 Å². The Labute approximate surface area is 163 Å². The van der Waals surface area contributed by atoms with E-state index in [9.17, 15) is 26.4 Å². The van der Waals surface area contributed by atoms with Crippen molar-refractivity contribution >= 4 is 15.9 Å². The van der Waals surface area contributed by atoms with Crippen molar-refractivity contribution in [2.45, 2.75) is 43.8 Å². The molecular formula is C18H26F3N3O3S. The fourth-order valence-electron chi connectivity index (χ4n) is 3.16. The fraction of sp³-hybridized carbons (Fsp3) is 0.611. The number of nitrogens with zero attached hydrogens (tertiary/aromatic N) is 2. The minimum atomic E-state index is -4.75. The maximum absolute atomic E-state index is 13.2. The van der Waals surface area contributed by atoms with Crippen LogP contribution in [0.2, 0.25) is 0 Å². The minimum absolute atomic E-state index is 0.0345. The van der Waals surface area contributed by atoms with E-state index in [0.717, 1.165) is 35.3 Å². The number of hydrogen-bond acceptors (Lipinski definition) is 4. The maximum atomic E-state index is 13.2. The zero-order valence-corrected chi connectivity index (χ0v) is 16.8. The van der Waals surface area contributed by atoms with Crippen molar-refractivity contribution in [2.24, 2.45) is 0 Å². The van der Waals surface area contributed by atoms with Gasteiger partial charge in [0.1, 0.15) is 0 Å². The summed E-state index contributed by atoms with van der Waals surface area (Å²) < 4.78 is 66.1. The van der Waals surface area contributed by atoms with E-state index >= 15 is 0 Å². The lowest BCUT2D eigenvalue weighted by atomic mass is 10.2. The molecule has 0 atom stereocenters. The Hall–Kier alpha value is -1.65. The smallest absolute Gasteiger partial charge is 0.352 e. The van der Waals surface area contributed by atoms with Crippen LogP contribution in [-0.2, 0) is 21.0 Å². The molecular weight excluding hydrogens is 395 g/mol. The molecule has 158 valence electrons. The zero-order valence-electron chi connectivity index (χ0n) is 16.0. The van der Waals surface area contributed by atoms with E-state index in [1.54, 1.807) is 4.90 Å². The van der Waals surface area contributed by atoms with Crippen LogP contribution in [0.1, 0.15) is 32.3 Å². The zero-order chi connectivity index (χ0) is 20.9. The van der Waals surface area contributed by atoms with Gasteiger partial charge in [-0.05, 0) is 25.0 Å². The Balaban J connectivity index is 2.02. The second-order valence-corrected chi connectivity index (χ2v) is 8.66. The molecule has 0 bridgehead atoms. The summed E-state index contributed by atoms with van der Waals surface area (Å²) in [5.41, 5.74) is -1.16. The first-order chi connectivity index (χ1) is 13.1. The van der Waals surface area contributed by atoms with Crippen LogP contribution >= 0.6 is 0 Å². The number of amides is 1. The molecule has 1 aromatic rings. The Morgan fingerprint density at radius 1 is 1.11 bits per heavy atom. The van der Waals surface area contributed by atoms with Gasteiger partial charge in [0.15, 0.2) is 0 Å². The molecule has 1 aliphatic heterocycles. The average Bonchev–Trinajstić information content (AvgIpc) is 2.66. The molecule has 0 aliphatic carbocycles. The molecule has 6 nitrogen and oxygen atoms in total. The summed E-state index contributed by atoms with van der Waals surface area (Å²) in [7, 11) is -4.27. The molecule has 0 unspecified atom stereocenters. The van der Waals surface area contributed by atoms with Gasteiger partial charge in [0.2, 0.25) is 15.9 Å². The number of carbonyl (C=O) groups excluding carboxylic acids is 1. The molecule has 0 saturated carbocycles. The summed E-state index contributed by atoms with van der Waals surface area (Å²) in [6, 6.07) is 4.30. The van der Waals surface area contributed by atoms with Crippen LogP contribution in [0.3, 0.4) is 0 Å². The summed E-state index contributed by atoms with van der Waals surface area (Å²) in [6.45, 7) is 4.74. The number of rotatable bonds is 7. The van der Waals surface area contributed by atoms with Crippen molar-refractivity contribution in [1.29, 1.82) is 0 Å². The molecule has 28 heavy (non-hydrogen) atoms. The largest absolute Gasteiger partial charge is 0.417 e. The highest BCUT2D eigenvalue weighted by molar-refractivity contribution is 7.89. The van der Waals surface area contributed by atoms with Gasteiger partial charge in [-0.25, -0.2) is 8.42 Å². The Morgan fingerprint density at radius 2 is 1.68 bits per heavy atom. The number of nitrogens with one attached hydrogen (secondary N) is 1. The first kappa shape index (κ1) is 22.6. The predicted octanol–water partition coefficient (Wildman–Crippen LogP) is 2.32. The molecule has 1 amide bonds. The quantitative estimate of drug-likeness (QED) is 0.734. The number of carbonyl (C=O) groups is 1. The van der Waals surface area contributed by atoms with Gasteiger partial charge in [0.05, 0.1) is 17.0 Å². The highest BCUT2D eigenvalue weighted by Gasteiger charge is 2.39. The van der Waals surface area contributed by atoms with Crippen LogP contribution < -0.4 is 5.32 Å². The van der Waals surface area contributed by atoms with Crippen molar-refractivity contribution in [3.8, 4) is 0 Å². The number of benzene rings is 1. The average molecular weight is 421 g/mol.